The van der Waals surface area contributed by atoms with E-state index in [2.05, 4.69) is 4.98 Å². The zero-order valence-electron chi connectivity index (χ0n) is 11.3. The van der Waals surface area contributed by atoms with Crippen molar-refractivity contribution >= 4 is 5.91 Å². The van der Waals surface area contributed by atoms with Gasteiger partial charge in [0, 0.05) is 18.8 Å². The zero-order chi connectivity index (χ0) is 15.6. The van der Waals surface area contributed by atoms with Gasteiger partial charge in [-0.05, 0) is 31.4 Å². The van der Waals surface area contributed by atoms with Gasteiger partial charge in [-0.3, -0.25) is 9.78 Å². The van der Waals surface area contributed by atoms with Gasteiger partial charge in [-0.2, -0.15) is 0 Å². The standard InChI is InChI=1S/C14H16F4N2O/c15-12(16)10-4-3-9(13(19)21)11(20-10)8-2-1-6-14(17,18)7-5-8/h3-4,8,12H,1-2,5-7H2,(H2,19,21). The number of hydrogen-bond donors (Lipinski definition) is 1. The first-order valence-corrected chi connectivity index (χ1v) is 6.77. The van der Waals surface area contributed by atoms with Crippen LogP contribution in [-0.2, 0) is 0 Å². The lowest BCUT2D eigenvalue weighted by Gasteiger charge is -2.17. The molecule has 1 aliphatic carbocycles. The highest BCUT2D eigenvalue weighted by Gasteiger charge is 2.34. The highest BCUT2D eigenvalue weighted by molar-refractivity contribution is 5.94. The molecule has 116 valence electrons. The molecule has 1 saturated carbocycles. The molecule has 0 saturated heterocycles. The number of alkyl halides is 4. The summed E-state index contributed by atoms with van der Waals surface area (Å²) in [4.78, 5) is 15.2. The average Bonchev–Trinajstić information content (AvgIpc) is 2.58. The van der Waals surface area contributed by atoms with Crippen LogP contribution in [0.3, 0.4) is 0 Å². The Bertz CT molecular complexity index is 534. The lowest BCUT2D eigenvalue weighted by Crippen LogP contribution is -2.18. The van der Waals surface area contributed by atoms with E-state index >= 15 is 0 Å². The number of pyridine rings is 1. The topological polar surface area (TPSA) is 56.0 Å². The fourth-order valence-electron chi connectivity index (χ4n) is 2.67. The molecule has 1 aromatic heterocycles. The summed E-state index contributed by atoms with van der Waals surface area (Å²) in [6.45, 7) is 0. The number of nitrogens with two attached hydrogens (primary N) is 1. The van der Waals surface area contributed by atoms with Gasteiger partial charge >= 0.3 is 0 Å². The van der Waals surface area contributed by atoms with Gasteiger partial charge in [0.1, 0.15) is 5.69 Å². The summed E-state index contributed by atoms with van der Waals surface area (Å²) in [5, 5.41) is 0. The van der Waals surface area contributed by atoms with Crippen molar-refractivity contribution < 1.29 is 22.4 Å². The van der Waals surface area contributed by atoms with E-state index in [0.29, 0.717) is 6.42 Å². The lowest BCUT2D eigenvalue weighted by atomic mass is 9.92. The maximum absolute atomic E-state index is 13.4. The van der Waals surface area contributed by atoms with Crippen LogP contribution in [0.15, 0.2) is 12.1 Å². The summed E-state index contributed by atoms with van der Waals surface area (Å²) in [5.74, 6) is -3.98. The molecule has 1 unspecified atom stereocenters. The number of aromatic nitrogens is 1. The van der Waals surface area contributed by atoms with E-state index in [1.165, 1.54) is 6.07 Å². The predicted octanol–water partition coefficient (Wildman–Crippen LogP) is 3.80. The maximum atomic E-state index is 13.4. The van der Waals surface area contributed by atoms with E-state index < -0.39 is 29.9 Å². The van der Waals surface area contributed by atoms with Crippen LogP contribution < -0.4 is 5.73 Å². The second-order valence-electron chi connectivity index (χ2n) is 5.32. The van der Waals surface area contributed by atoms with Crippen LogP contribution >= 0.6 is 0 Å². The quantitative estimate of drug-likeness (QED) is 0.682. The highest BCUT2D eigenvalue weighted by Crippen LogP contribution is 2.39. The maximum Gasteiger partial charge on any atom is 0.280 e. The number of hydrogen-bond acceptors (Lipinski definition) is 2. The molecule has 0 spiro atoms. The van der Waals surface area contributed by atoms with Crippen LogP contribution in [0.25, 0.3) is 0 Å². The second-order valence-corrected chi connectivity index (χ2v) is 5.32. The third kappa shape index (κ3) is 3.71. The lowest BCUT2D eigenvalue weighted by molar-refractivity contribution is -0.0142. The molecule has 21 heavy (non-hydrogen) atoms. The third-order valence-electron chi connectivity index (χ3n) is 3.78. The van der Waals surface area contributed by atoms with Crippen LogP contribution in [0.2, 0.25) is 0 Å². The summed E-state index contributed by atoms with van der Waals surface area (Å²) in [6, 6.07) is 2.24. The molecule has 1 amide bonds. The Balaban J connectivity index is 2.36. The zero-order valence-corrected chi connectivity index (χ0v) is 11.3. The van der Waals surface area contributed by atoms with Gasteiger partial charge in [0.2, 0.25) is 5.92 Å². The Labute approximate surface area is 119 Å². The van der Waals surface area contributed by atoms with E-state index in [4.69, 9.17) is 5.73 Å². The normalized spacial score (nSPS) is 22.0. The minimum atomic E-state index is -2.78. The number of halogens is 4. The van der Waals surface area contributed by atoms with Crippen LogP contribution in [-0.4, -0.2) is 16.8 Å². The summed E-state index contributed by atoms with van der Waals surface area (Å²) < 4.78 is 52.3. The van der Waals surface area contributed by atoms with Crippen molar-refractivity contribution in [2.45, 2.75) is 50.4 Å². The molecule has 3 nitrogen and oxygen atoms in total. The number of carbonyl (C=O) groups is 1. The first-order valence-electron chi connectivity index (χ1n) is 6.77. The fraction of sp³-hybridized carbons (Fsp3) is 0.571. The monoisotopic (exact) mass is 304 g/mol. The Hall–Kier alpha value is -1.66. The number of carbonyl (C=O) groups excluding carboxylic acids is 1. The van der Waals surface area contributed by atoms with Crippen molar-refractivity contribution in [1.29, 1.82) is 0 Å². The molecular weight excluding hydrogens is 288 g/mol. The Morgan fingerprint density at radius 1 is 1.29 bits per heavy atom. The van der Waals surface area contributed by atoms with Crippen molar-refractivity contribution in [3.05, 3.63) is 29.1 Å². The fourth-order valence-corrected chi connectivity index (χ4v) is 2.67. The van der Waals surface area contributed by atoms with Gasteiger partial charge in [-0.1, -0.05) is 0 Å². The van der Waals surface area contributed by atoms with Crippen LogP contribution in [0, 0.1) is 0 Å². The molecule has 7 heteroatoms. The SMILES string of the molecule is NC(=O)c1ccc(C(F)F)nc1C1CCCC(F)(F)CC1. The molecule has 0 aromatic carbocycles. The van der Waals surface area contributed by atoms with E-state index in [1.807, 2.05) is 0 Å². The first kappa shape index (κ1) is 15.7. The molecule has 1 atom stereocenters. The van der Waals surface area contributed by atoms with Crippen molar-refractivity contribution in [2.75, 3.05) is 0 Å². The number of primary amides is 1. The van der Waals surface area contributed by atoms with Gasteiger partial charge in [-0.15, -0.1) is 0 Å². The summed E-state index contributed by atoms with van der Waals surface area (Å²) in [7, 11) is 0. The average molecular weight is 304 g/mol. The van der Waals surface area contributed by atoms with Crippen molar-refractivity contribution in [1.82, 2.24) is 4.98 Å². The molecule has 1 aliphatic rings. The predicted molar refractivity (Wildman–Crippen MR) is 68.5 cm³/mol. The van der Waals surface area contributed by atoms with Crippen LogP contribution in [0.1, 0.15) is 66.2 Å². The summed E-state index contributed by atoms with van der Waals surface area (Å²) >= 11 is 0. The van der Waals surface area contributed by atoms with Crippen molar-refractivity contribution in [3.8, 4) is 0 Å². The Kier molecular flexibility index (Phi) is 4.49. The van der Waals surface area contributed by atoms with E-state index in [1.54, 1.807) is 0 Å². The number of rotatable bonds is 3. The smallest absolute Gasteiger partial charge is 0.280 e. The third-order valence-corrected chi connectivity index (χ3v) is 3.78. The molecule has 0 aliphatic heterocycles. The molecule has 1 heterocycles. The number of nitrogens with zero attached hydrogens (tertiary/aromatic N) is 1. The molecular formula is C14H16F4N2O. The highest BCUT2D eigenvalue weighted by atomic mass is 19.3. The van der Waals surface area contributed by atoms with Gasteiger partial charge in [0.15, 0.2) is 0 Å². The Morgan fingerprint density at radius 3 is 2.62 bits per heavy atom. The van der Waals surface area contributed by atoms with Crippen molar-refractivity contribution in [3.63, 3.8) is 0 Å². The van der Waals surface area contributed by atoms with Crippen LogP contribution in [0.5, 0.6) is 0 Å². The molecule has 2 rings (SSSR count). The van der Waals surface area contributed by atoms with Crippen molar-refractivity contribution in [2.24, 2.45) is 5.73 Å². The molecule has 0 radical (unpaired) electrons. The Morgan fingerprint density at radius 2 is 2.00 bits per heavy atom. The van der Waals surface area contributed by atoms with E-state index in [9.17, 15) is 22.4 Å². The second kappa shape index (κ2) is 5.99. The van der Waals surface area contributed by atoms with Gasteiger partial charge in [-0.25, -0.2) is 17.6 Å². The summed E-state index contributed by atoms with van der Waals surface area (Å²) in [5.41, 5.74) is 4.92. The summed E-state index contributed by atoms with van der Waals surface area (Å²) in [6.07, 6.45) is -2.60. The van der Waals surface area contributed by atoms with Gasteiger partial charge < -0.3 is 5.73 Å². The molecule has 1 aromatic rings. The van der Waals surface area contributed by atoms with Gasteiger partial charge in [0.25, 0.3) is 12.3 Å². The first-order chi connectivity index (χ1) is 9.80. The van der Waals surface area contributed by atoms with E-state index in [0.717, 1.165) is 6.07 Å². The van der Waals surface area contributed by atoms with E-state index in [-0.39, 0.29) is 36.9 Å². The molecule has 0 bridgehead atoms. The van der Waals surface area contributed by atoms with Crippen LogP contribution in [0.4, 0.5) is 17.6 Å². The molecule has 1 fully saturated rings. The minimum absolute atomic E-state index is 0.0367. The largest absolute Gasteiger partial charge is 0.366 e. The number of amides is 1. The molecule has 2 N–H and O–H groups in total. The van der Waals surface area contributed by atoms with Gasteiger partial charge in [0.05, 0.1) is 11.3 Å². The minimum Gasteiger partial charge on any atom is -0.366 e.